The minimum Gasteiger partial charge on any atom is -0.459 e. The first kappa shape index (κ1) is 15.0. The van der Waals surface area contributed by atoms with Crippen LogP contribution in [0.25, 0.3) is 0 Å². The Hall–Kier alpha value is -1.09. The lowest BCUT2D eigenvalue weighted by Crippen LogP contribution is -2.40. The molecule has 1 heterocycles. The van der Waals surface area contributed by atoms with E-state index in [1.54, 1.807) is 0 Å². The molecular weight excluding hydrogens is 226 g/mol. The van der Waals surface area contributed by atoms with Crippen LogP contribution in [0.1, 0.15) is 34.1 Å². The zero-order chi connectivity index (χ0) is 13.8. The van der Waals surface area contributed by atoms with Crippen LogP contribution in [0.4, 0.5) is 0 Å². The van der Waals surface area contributed by atoms with Crippen LogP contribution in [0.3, 0.4) is 0 Å². The molecule has 3 heteroatoms. The summed E-state index contributed by atoms with van der Waals surface area (Å²) in [6.45, 7) is 13.1. The predicted octanol–water partition coefficient (Wildman–Crippen LogP) is 2.78. The van der Waals surface area contributed by atoms with Crippen LogP contribution >= 0.6 is 0 Å². The first-order chi connectivity index (χ1) is 8.37. The van der Waals surface area contributed by atoms with Gasteiger partial charge in [-0.2, -0.15) is 0 Å². The van der Waals surface area contributed by atoms with Gasteiger partial charge in [0.15, 0.2) is 0 Å². The molecule has 2 atom stereocenters. The van der Waals surface area contributed by atoms with Gasteiger partial charge in [0.25, 0.3) is 0 Å². The van der Waals surface area contributed by atoms with E-state index in [1.165, 1.54) is 0 Å². The summed E-state index contributed by atoms with van der Waals surface area (Å²) in [6, 6.07) is -0.136. The first-order valence-electron chi connectivity index (χ1n) is 6.58. The highest BCUT2D eigenvalue weighted by molar-refractivity contribution is 5.76. The molecule has 18 heavy (non-hydrogen) atoms. The third-order valence-corrected chi connectivity index (χ3v) is 2.94. The summed E-state index contributed by atoms with van der Waals surface area (Å²) in [6.07, 6.45) is 6.90. The van der Waals surface area contributed by atoms with Gasteiger partial charge in [-0.25, -0.2) is 0 Å². The number of ether oxygens (including phenoxy) is 1. The van der Waals surface area contributed by atoms with E-state index in [0.29, 0.717) is 5.92 Å². The summed E-state index contributed by atoms with van der Waals surface area (Å²) in [4.78, 5) is 14.3. The quantitative estimate of drug-likeness (QED) is 0.568. The van der Waals surface area contributed by atoms with Gasteiger partial charge in [-0.3, -0.25) is 9.69 Å². The van der Waals surface area contributed by atoms with Gasteiger partial charge in [-0.1, -0.05) is 18.2 Å². The van der Waals surface area contributed by atoms with Gasteiger partial charge in [0.05, 0.1) is 0 Å². The molecule has 1 aliphatic rings. The maximum atomic E-state index is 12.2. The van der Waals surface area contributed by atoms with Crippen LogP contribution in [0.5, 0.6) is 0 Å². The summed E-state index contributed by atoms with van der Waals surface area (Å²) in [7, 11) is 0. The number of carbonyl (C=O) groups is 1. The van der Waals surface area contributed by atoms with Crippen molar-refractivity contribution in [2.45, 2.75) is 45.8 Å². The van der Waals surface area contributed by atoms with Crippen molar-refractivity contribution in [3.8, 4) is 0 Å². The summed E-state index contributed by atoms with van der Waals surface area (Å²) >= 11 is 0. The van der Waals surface area contributed by atoms with Crippen molar-refractivity contribution in [2.24, 2.45) is 5.92 Å². The lowest BCUT2D eigenvalue weighted by Gasteiger charge is -2.26. The van der Waals surface area contributed by atoms with Gasteiger partial charge in [0, 0.05) is 13.1 Å². The fourth-order valence-electron chi connectivity index (χ4n) is 2.33. The normalized spacial score (nSPS) is 25.6. The lowest BCUT2D eigenvalue weighted by atomic mass is 10.1. The van der Waals surface area contributed by atoms with Crippen LogP contribution in [-0.4, -0.2) is 35.6 Å². The van der Waals surface area contributed by atoms with E-state index in [4.69, 9.17) is 4.74 Å². The SMILES string of the molecule is C=CCN1CC(/C=C\C)CC1C(=O)OC(C)(C)C. The highest BCUT2D eigenvalue weighted by Gasteiger charge is 2.37. The minimum absolute atomic E-state index is 0.114. The second kappa shape index (κ2) is 6.19. The van der Waals surface area contributed by atoms with Gasteiger partial charge in [-0.05, 0) is 40.0 Å². The van der Waals surface area contributed by atoms with Gasteiger partial charge in [0.2, 0.25) is 0 Å². The number of allylic oxidation sites excluding steroid dienone is 1. The Morgan fingerprint density at radius 2 is 2.17 bits per heavy atom. The van der Waals surface area contributed by atoms with Crippen molar-refractivity contribution < 1.29 is 9.53 Å². The van der Waals surface area contributed by atoms with Crippen molar-refractivity contribution in [3.63, 3.8) is 0 Å². The second-order valence-electron chi connectivity index (χ2n) is 5.81. The van der Waals surface area contributed by atoms with Gasteiger partial charge < -0.3 is 4.74 Å². The Labute approximate surface area is 110 Å². The van der Waals surface area contributed by atoms with Crippen molar-refractivity contribution in [1.29, 1.82) is 0 Å². The molecular formula is C15H25NO2. The number of carbonyl (C=O) groups excluding carboxylic acids is 1. The Morgan fingerprint density at radius 1 is 1.50 bits per heavy atom. The number of likely N-dealkylation sites (tertiary alicyclic amines) is 1. The number of rotatable bonds is 4. The average Bonchev–Trinajstić information content (AvgIpc) is 2.60. The third kappa shape index (κ3) is 4.30. The molecule has 0 amide bonds. The number of esters is 1. The van der Waals surface area contributed by atoms with Crippen molar-refractivity contribution in [3.05, 3.63) is 24.8 Å². The summed E-state index contributed by atoms with van der Waals surface area (Å²) in [5.41, 5.74) is -0.421. The monoisotopic (exact) mass is 251 g/mol. The van der Waals surface area contributed by atoms with Crippen LogP contribution in [0.2, 0.25) is 0 Å². The molecule has 1 rings (SSSR count). The fourth-order valence-corrected chi connectivity index (χ4v) is 2.33. The van der Waals surface area contributed by atoms with Crippen molar-refractivity contribution >= 4 is 5.97 Å². The Bertz CT molecular complexity index is 328. The smallest absolute Gasteiger partial charge is 0.323 e. The largest absolute Gasteiger partial charge is 0.459 e. The zero-order valence-electron chi connectivity index (χ0n) is 12.0. The Morgan fingerprint density at radius 3 is 2.67 bits per heavy atom. The van der Waals surface area contributed by atoms with Crippen LogP contribution in [-0.2, 0) is 9.53 Å². The summed E-state index contributed by atoms with van der Waals surface area (Å²) in [5.74, 6) is 0.323. The van der Waals surface area contributed by atoms with Crippen LogP contribution < -0.4 is 0 Å². The van der Waals surface area contributed by atoms with E-state index < -0.39 is 5.60 Å². The van der Waals surface area contributed by atoms with Crippen molar-refractivity contribution in [2.75, 3.05) is 13.1 Å². The van der Waals surface area contributed by atoms with E-state index in [1.807, 2.05) is 39.8 Å². The lowest BCUT2D eigenvalue weighted by molar-refractivity contribution is -0.160. The minimum atomic E-state index is -0.421. The Kier molecular flexibility index (Phi) is 5.15. The maximum absolute atomic E-state index is 12.2. The van der Waals surface area contributed by atoms with E-state index in [2.05, 4.69) is 17.6 Å². The number of nitrogens with zero attached hydrogens (tertiary/aromatic N) is 1. The molecule has 0 bridgehead atoms. The molecule has 0 saturated carbocycles. The van der Waals surface area contributed by atoms with Gasteiger partial charge in [0.1, 0.15) is 11.6 Å². The number of hydrogen-bond acceptors (Lipinski definition) is 3. The molecule has 0 aromatic heterocycles. The molecule has 102 valence electrons. The predicted molar refractivity (Wildman–Crippen MR) is 74.3 cm³/mol. The Balaban J connectivity index is 2.71. The van der Waals surface area contributed by atoms with Gasteiger partial charge in [-0.15, -0.1) is 6.58 Å². The summed E-state index contributed by atoms with van der Waals surface area (Å²) < 4.78 is 5.49. The molecule has 1 aliphatic heterocycles. The molecule has 0 spiro atoms. The first-order valence-corrected chi connectivity index (χ1v) is 6.58. The molecule has 0 N–H and O–H groups in total. The maximum Gasteiger partial charge on any atom is 0.323 e. The molecule has 1 fully saturated rings. The molecule has 1 saturated heterocycles. The third-order valence-electron chi connectivity index (χ3n) is 2.94. The highest BCUT2D eigenvalue weighted by Crippen LogP contribution is 2.26. The molecule has 0 aromatic rings. The van der Waals surface area contributed by atoms with E-state index in [-0.39, 0.29) is 12.0 Å². The van der Waals surface area contributed by atoms with Crippen molar-refractivity contribution in [1.82, 2.24) is 4.90 Å². The van der Waals surface area contributed by atoms with E-state index in [9.17, 15) is 4.79 Å². The zero-order valence-corrected chi connectivity index (χ0v) is 12.0. The molecule has 0 aliphatic carbocycles. The second-order valence-corrected chi connectivity index (χ2v) is 5.81. The fraction of sp³-hybridized carbons (Fsp3) is 0.667. The molecule has 0 radical (unpaired) electrons. The topological polar surface area (TPSA) is 29.5 Å². The standard InChI is InChI=1S/C15H25NO2/c1-6-8-12-10-13(16(11-12)9-7-2)14(17)18-15(3,4)5/h6-8,12-13H,2,9-11H2,1,3-5H3/b8-6-. The van der Waals surface area contributed by atoms with Gasteiger partial charge >= 0.3 is 5.97 Å². The molecule has 0 aromatic carbocycles. The molecule has 3 nitrogen and oxygen atoms in total. The number of hydrogen-bond donors (Lipinski definition) is 0. The van der Waals surface area contributed by atoms with Crippen LogP contribution in [0, 0.1) is 5.92 Å². The van der Waals surface area contributed by atoms with E-state index in [0.717, 1.165) is 19.5 Å². The van der Waals surface area contributed by atoms with Crippen LogP contribution in [0.15, 0.2) is 24.8 Å². The van der Waals surface area contributed by atoms with E-state index >= 15 is 0 Å². The molecule has 2 unspecified atom stereocenters. The average molecular weight is 251 g/mol. The highest BCUT2D eigenvalue weighted by atomic mass is 16.6. The summed E-state index contributed by atoms with van der Waals surface area (Å²) in [5, 5.41) is 0.